The van der Waals surface area contributed by atoms with Crippen molar-refractivity contribution in [2.45, 2.75) is 6.54 Å². The molecule has 29 heavy (non-hydrogen) atoms. The van der Waals surface area contributed by atoms with E-state index >= 15 is 0 Å². The van der Waals surface area contributed by atoms with Crippen LogP contribution in [0.1, 0.15) is 15.9 Å². The lowest BCUT2D eigenvalue weighted by Crippen LogP contribution is -2.35. The molecule has 150 valence electrons. The van der Waals surface area contributed by atoms with E-state index < -0.39 is 28.6 Å². The molecule has 1 aliphatic heterocycles. The molecule has 1 saturated heterocycles. The van der Waals surface area contributed by atoms with E-state index in [1.54, 1.807) is 12.1 Å². The summed E-state index contributed by atoms with van der Waals surface area (Å²) >= 11 is 0. The molecule has 0 atom stereocenters. The fourth-order valence-corrected chi connectivity index (χ4v) is 3.47. The molecule has 2 aromatic carbocycles. The number of aromatic carboxylic acids is 1. The van der Waals surface area contributed by atoms with Crippen LogP contribution in [0.3, 0.4) is 0 Å². The Balaban J connectivity index is 1.78. The standard InChI is InChI=1S/C21H18F2N2O4/c22-17-9-15-19(10-18(17)23)25(12-16(20(15)26)21(27)28)14-3-1-13(2-4-14)11-24-5-7-29-8-6-24/h1-4,9-10,12H,5-8,11H2,(H,27,28). The van der Waals surface area contributed by atoms with Crippen LogP contribution in [0.5, 0.6) is 0 Å². The summed E-state index contributed by atoms with van der Waals surface area (Å²) in [6.07, 6.45) is 1.14. The van der Waals surface area contributed by atoms with Gasteiger partial charge in [-0.15, -0.1) is 0 Å². The van der Waals surface area contributed by atoms with E-state index in [9.17, 15) is 23.5 Å². The van der Waals surface area contributed by atoms with Crippen LogP contribution in [0.4, 0.5) is 8.78 Å². The van der Waals surface area contributed by atoms with Crippen LogP contribution in [0, 0.1) is 11.6 Å². The highest BCUT2D eigenvalue weighted by Gasteiger charge is 2.18. The van der Waals surface area contributed by atoms with E-state index in [1.807, 2.05) is 12.1 Å². The zero-order valence-electron chi connectivity index (χ0n) is 15.4. The zero-order valence-corrected chi connectivity index (χ0v) is 15.4. The highest BCUT2D eigenvalue weighted by Crippen LogP contribution is 2.21. The summed E-state index contributed by atoms with van der Waals surface area (Å²) < 4.78 is 34.3. The fraction of sp³-hybridized carbons (Fsp3) is 0.238. The second-order valence-electron chi connectivity index (χ2n) is 6.89. The smallest absolute Gasteiger partial charge is 0.341 e. The van der Waals surface area contributed by atoms with Crippen LogP contribution in [0.25, 0.3) is 16.6 Å². The molecule has 8 heteroatoms. The molecule has 1 N–H and O–H groups in total. The van der Waals surface area contributed by atoms with Gasteiger partial charge in [0.05, 0.1) is 24.1 Å². The molecule has 0 spiro atoms. The van der Waals surface area contributed by atoms with Crippen LogP contribution >= 0.6 is 0 Å². The summed E-state index contributed by atoms with van der Waals surface area (Å²) in [6, 6.07) is 8.92. The third-order valence-corrected chi connectivity index (χ3v) is 5.00. The first-order valence-corrected chi connectivity index (χ1v) is 9.11. The maximum absolute atomic E-state index is 13.8. The number of fused-ring (bicyclic) bond motifs is 1. The first-order chi connectivity index (χ1) is 13.9. The van der Waals surface area contributed by atoms with E-state index in [4.69, 9.17) is 4.74 Å². The van der Waals surface area contributed by atoms with Gasteiger partial charge in [0.15, 0.2) is 11.6 Å². The van der Waals surface area contributed by atoms with Gasteiger partial charge in [-0.2, -0.15) is 0 Å². The largest absolute Gasteiger partial charge is 0.477 e. The number of nitrogens with zero attached hydrogens (tertiary/aromatic N) is 2. The number of hydrogen-bond donors (Lipinski definition) is 1. The molecule has 0 bridgehead atoms. The third kappa shape index (κ3) is 3.76. The Bertz CT molecular complexity index is 1140. The van der Waals surface area contributed by atoms with Crippen molar-refractivity contribution in [3.63, 3.8) is 0 Å². The fourth-order valence-electron chi connectivity index (χ4n) is 3.47. The van der Waals surface area contributed by atoms with Gasteiger partial charge in [-0.3, -0.25) is 9.69 Å². The lowest BCUT2D eigenvalue weighted by atomic mass is 10.1. The second kappa shape index (κ2) is 7.73. The molecular formula is C21H18F2N2O4. The maximum atomic E-state index is 13.8. The monoisotopic (exact) mass is 400 g/mol. The predicted octanol–water partition coefficient (Wildman–Crippen LogP) is 2.80. The van der Waals surface area contributed by atoms with Crippen LogP contribution in [0.15, 0.2) is 47.4 Å². The van der Waals surface area contributed by atoms with Crippen molar-refractivity contribution in [2.24, 2.45) is 0 Å². The van der Waals surface area contributed by atoms with Gasteiger partial charge in [0, 0.05) is 37.6 Å². The van der Waals surface area contributed by atoms with Crippen molar-refractivity contribution in [3.05, 3.63) is 75.6 Å². The van der Waals surface area contributed by atoms with Gasteiger partial charge in [0.1, 0.15) is 5.56 Å². The summed E-state index contributed by atoms with van der Waals surface area (Å²) in [6.45, 7) is 3.83. The minimum atomic E-state index is -1.43. The van der Waals surface area contributed by atoms with Crippen LogP contribution in [-0.2, 0) is 11.3 Å². The van der Waals surface area contributed by atoms with Crippen LogP contribution in [0.2, 0.25) is 0 Å². The van der Waals surface area contributed by atoms with Crippen LogP contribution < -0.4 is 5.43 Å². The normalized spacial score (nSPS) is 15.0. The number of halogens is 2. The Kier molecular flexibility index (Phi) is 5.12. The van der Waals surface area contributed by atoms with Gasteiger partial charge in [-0.05, 0) is 23.8 Å². The summed E-state index contributed by atoms with van der Waals surface area (Å²) in [5.74, 6) is -3.75. The molecule has 0 unspecified atom stereocenters. The van der Waals surface area contributed by atoms with Gasteiger partial charge in [0.25, 0.3) is 0 Å². The summed E-state index contributed by atoms with van der Waals surface area (Å²) in [5, 5.41) is 9.16. The molecule has 6 nitrogen and oxygen atoms in total. The molecule has 0 saturated carbocycles. The number of carboxylic acids is 1. The molecule has 4 rings (SSSR count). The van der Waals surface area contributed by atoms with Crippen molar-refractivity contribution in [3.8, 4) is 5.69 Å². The van der Waals surface area contributed by atoms with Gasteiger partial charge < -0.3 is 14.4 Å². The van der Waals surface area contributed by atoms with Crippen molar-refractivity contribution in [1.82, 2.24) is 9.47 Å². The SMILES string of the molecule is O=C(O)c1cn(-c2ccc(CN3CCOCC3)cc2)c2cc(F)c(F)cc2c1=O. The highest BCUT2D eigenvalue weighted by atomic mass is 19.2. The molecule has 2 heterocycles. The molecule has 0 radical (unpaired) electrons. The van der Waals surface area contributed by atoms with Crippen molar-refractivity contribution in [1.29, 1.82) is 0 Å². The van der Waals surface area contributed by atoms with E-state index in [0.717, 1.165) is 43.5 Å². The molecule has 1 aromatic heterocycles. The Labute approximate surface area is 164 Å². The minimum Gasteiger partial charge on any atom is -0.477 e. The molecule has 0 aliphatic carbocycles. The number of carboxylic acid groups (broad SMARTS) is 1. The van der Waals surface area contributed by atoms with Gasteiger partial charge in [-0.1, -0.05) is 12.1 Å². The predicted molar refractivity (Wildman–Crippen MR) is 103 cm³/mol. The number of benzene rings is 2. The van der Waals surface area contributed by atoms with Gasteiger partial charge in [-0.25, -0.2) is 13.6 Å². The summed E-state index contributed by atoms with van der Waals surface area (Å²) in [7, 11) is 0. The van der Waals surface area contributed by atoms with Crippen molar-refractivity contribution in [2.75, 3.05) is 26.3 Å². The number of rotatable bonds is 4. The lowest BCUT2D eigenvalue weighted by Gasteiger charge is -2.26. The number of ether oxygens (including phenoxy) is 1. The number of carbonyl (C=O) groups is 1. The second-order valence-corrected chi connectivity index (χ2v) is 6.89. The quantitative estimate of drug-likeness (QED) is 0.729. The third-order valence-electron chi connectivity index (χ3n) is 5.00. The molecule has 1 aliphatic rings. The number of aromatic nitrogens is 1. The molecule has 1 fully saturated rings. The molecular weight excluding hydrogens is 382 g/mol. The minimum absolute atomic E-state index is 0.0971. The topological polar surface area (TPSA) is 71.8 Å². The summed E-state index contributed by atoms with van der Waals surface area (Å²) in [4.78, 5) is 26.1. The van der Waals surface area contributed by atoms with E-state index in [2.05, 4.69) is 4.90 Å². The average molecular weight is 400 g/mol. The zero-order chi connectivity index (χ0) is 20.5. The Morgan fingerprint density at radius 1 is 1.07 bits per heavy atom. The first-order valence-electron chi connectivity index (χ1n) is 9.11. The van der Waals surface area contributed by atoms with Crippen LogP contribution in [-0.4, -0.2) is 46.8 Å². The Hall–Kier alpha value is -3.10. The van der Waals surface area contributed by atoms with E-state index in [0.29, 0.717) is 18.9 Å². The van der Waals surface area contributed by atoms with Gasteiger partial charge >= 0.3 is 5.97 Å². The Morgan fingerprint density at radius 2 is 1.72 bits per heavy atom. The number of hydrogen-bond acceptors (Lipinski definition) is 4. The molecule has 3 aromatic rings. The van der Waals surface area contributed by atoms with E-state index in [-0.39, 0.29) is 10.9 Å². The average Bonchev–Trinajstić information content (AvgIpc) is 2.71. The number of morpholine rings is 1. The maximum Gasteiger partial charge on any atom is 0.341 e. The van der Waals surface area contributed by atoms with E-state index in [1.165, 1.54) is 4.57 Å². The van der Waals surface area contributed by atoms with Gasteiger partial charge in [0.2, 0.25) is 5.43 Å². The lowest BCUT2D eigenvalue weighted by molar-refractivity contribution is 0.0342. The van der Waals surface area contributed by atoms with Crippen molar-refractivity contribution < 1.29 is 23.4 Å². The Morgan fingerprint density at radius 3 is 2.38 bits per heavy atom. The molecule has 0 amide bonds. The first kappa shape index (κ1) is 19.2. The highest BCUT2D eigenvalue weighted by molar-refractivity contribution is 5.93. The summed E-state index contributed by atoms with van der Waals surface area (Å²) in [5.41, 5.74) is 0.318. The number of pyridine rings is 1. The van der Waals surface area contributed by atoms with Crippen molar-refractivity contribution >= 4 is 16.9 Å².